The standard InChI is InChI=1S/C23H23N5OS/c1-16-14-17(2)28-22(25-16)26-23(27-28)30-15-19-10-6-7-11-20(19)21(29)24-13-12-18-8-4-3-5-9-18/h3-11,14H,12-13,15H2,1-2H3,(H,24,29). The van der Waals surface area contributed by atoms with Crippen LogP contribution in [0, 0.1) is 13.8 Å². The van der Waals surface area contributed by atoms with E-state index in [1.807, 2.05) is 62.4 Å². The van der Waals surface area contributed by atoms with Crippen LogP contribution in [0.25, 0.3) is 5.78 Å². The Morgan fingerprint density at radius 3 is 2.63 bits per heavy atom. The number of thioether (sulfide) groups is 1. The second-order valence-electron chi connectivity index (χ2n) is 7.08. The van der Waals surface area contributed by atoms with Gasteiger partial charge in [0.1, 0.15) is 0 Å². The van der Waals surface area contributed by atoms with Gasteiger partial charge in [0.05, 0.1) is 0 Å². The molecule has 30 heavy (non-hydrogen) atoms. The molecule has 4 rings (SSSR count). The molecule has 1 amide bonds. The summed E-state index contributed by atoms with van der Waals surface area (Å²) in [6.45, 7) is 4.53. The van der Waals surface area contributed by atoms with Crippen molar-refractivity contribution >= 4 is 23.4 Å². The Balaban J connectivity index is 1.41. The Bertz CT molecular complexity index is 1170. The minimum Gasteiger partial charge on any atom is -0.352 e. The van der Waals surface area contributed by atoms with E-state index in [0.29, 0.717) is 28.8 Å². The van der Waals surface area contributed by atoms with Crippen molar-refractivity contribution in [2.45, 2.75) is 31.2 Å². The number of hydrogen-bond donors (Lipinski definition) is 1. The summed E-state index contributed by atoms with van der Waals surface area (Å²) in [6, 6.07) is 19.8. The van der Waals surface area contributed by atoms with Gasteiger partial charge in [-0.25, -0.2) is 9.50 Å². The number of aryl methyl sites for hydroxylation is 2. The lowest BCUT2D eigenvalue weighted by molar-refractivity contribution is 0.0953. The Hall–Kier alpha value is -3.19. The van der Waals surface area contributed by atoms with Gasteiger partial charge in [0.2, 0.25) is 5.16 Å². The fourth-order valence-corrected chi connectivity index (χ4v) is 4.10. The number of carbonyl (C=O) groups is 1. The SMILES string of the molecule is Cc1cc(C)n2nc(SCc3ccccc3C(=O)NCCc3ccccc3)nc2n1. The number of benzene rings is 2. The average Bonchev–Trinajstić information content (AvgIpc) is 3.16. The lowest BCUT2D eigenvalue weighted by Crippen LogP contribution is -2.26. The summed E-state index contributed by atoms with van der Waals surface area (Å²) in [4.78, 5) is 21.7. The number of aromatic nitrogens is 4. The molecule has 6 nitrogen and oxygen atoms in total. The summed E-state index contributed by atoms with van der Waals surface area (Å²) in [5.74, 6) is 1.15. The highest BCUT2D eigenvalue weighted by Gasteiger charge is 2.13. The molecule has 0 unspecified atom stereocenters. The molecule has 0 aliphatic rings. The van der Waals surface area contributed by atoms with Gasteiger partial charge in [-0.15, -0.1) is 5.10 Å². The zero-order chi connectivity index (χ0) is 20.9. The molecular weight excluding hydrogens is 394 g/mol. The fourth-order valence-electron chi connectivity index (χ4n) is 3.28. The van der Waals surface area contributed by atoms with Crippen LogP contribution in [0.3, 0.4) is 0 Å². The monoisotopic (exact) mass is 417 g/mol. The lowest BCUT2D eigenvalue weighted by atomic mass is 10.1. The summed E-state index contributed by atoms with van der Waals surface area (Å²) in [5, 5.41) is 8.21. The second kappa shape index (κ2) is 9.09. The third kappa shape index (κ3) is 4.68. The Labute approximate surface area is 179 Å². The molecule has 2 aromatic heterocycles. The second-order valence-corrected chi connectivity index (χ2v) is 8.02. The van der Waals surface area contributed by atoms with Crippen molar-refractivity contribution in [1.29, 1.82) is 0 Å². The van der Waals surface area contributed by atoms with Gasteiger partial charge in [0.25, 0.3) is 11.7 Å². The average molecular weight is 418 g/mol. The van der Waals surface area contributed by atoms with Gasteiger partial charge in [-0.1, -0.05) is 60.3 Å². The molecule has 0 spiro atoms. The summed E-state index contributed by atoms with van der Waals surface area (Å²) >= 11 is 1.50. The van der Waals surface area contributed by atoms with E-state index in [9.17, 15) is 4.79 Å². The van der Waals surface area contributed by atoms with E-state index in [-0.39, 0.29) is 5.91 Å². The molecule has 4 aromatic rings. The van der Waals surface area contributed by atoms with Crippen molar-refractivity contribution in [3.05, 3.63) is 88.7 Å². The number of amides is 1. The fraction of sp³-hybridized carbons (Fsp3) is 0.217. The molecule has 152 valence electrons. The largest absolute Gasteiger partial charge is 0.352 e. The molecular formula is C23H23N5OS. The topological polar surface area (TPSA) is 72.2 Å². The van der Waals surface area contributed by atoms with Crippen molar-refractivity contribution in [3.8, 4) is 0 Å². The number of fused-ring (bicyclic) bond motifs is 1. The molecule has 2 heterocycles. The first-order valence-corrected chi connectivity index (χ1v) is 10.8. The molecule has 1 N–H and O–H groups in total. The first-order valence-electron chi connectivity index (χ1n) is 9.84. The van der Waals surface area contributed by atoms with Crippen LogP contribution in [-0.2, 0) is 12.2 Å². The number of nitrogens with zero attached hydrogens (tertiary/aromatic N) is 4. The summed E-state index contributed by atoms with van der Waals surface area (Å²) in [7, 11) is 0. The van der Waals surface area contributed by atoms with Crippen LogP contribution in [0.15, 0.2) is 65.8 Å². The third-order valence-corrected chi connectivity index (χ3v) is 5.65. The maximum atomic E-state index is 12.7. The third-order valence-electron chi connectivity index (χ3n) is 4.76. The minimum atomic E-state index is -0.0572. The van der Waals surface area contributed by atoms with Crippen molar-refractivity contribution in [1.82, 2.24) is 24.9 Å². The van der Waals surface area contributed by atoms with Crippen LogP contribution in [0.2, 0.25) is 0 Å². The summed E-state index contributed by atoms with van der Waals surface area (Å²) < 4.78 is 1.75. The maximum absolute atomic E-state index is 12.7. The van der Waals surface area contributed by atoms with Crippen molar-refractivity contribution in [3.63, 3.8) is 0 Å². The quantitative estimate of drug-likeness (QED) is 0.460. The van der Waals surface area contributed by atoms with Crippen molar-refractivity contribution in [2.75, 3.05) is 6.54 Å². The Kier molecular flexibility index (Phi) is 6.09. The zero-order valence-electron chi connectivity index (χ0n) is 17.0. The van der Waals surface area contributed by atoms with E-state index in [2.05, 4.69) is 32.5 Å². The maximum Gasteiger partial charge on any atom is 0.253 e. The molecule has 0 radical (unpaired) electrons. The van der Waals surface area contributed by atoms with Crippen LogP contribution in [0.5, 0.6) is 0 Å². The van der Waals surface area contributed by atoms with Crippen molar-refractivity contribution in [2.24, 2.45) is 0 Å². The highest BCUT2D eigenvalue weighted by molar-refractivity contribution is 7.98. The smallest absolute Gasteiger partial charge is 0.253 e. The van der Waals surface area contributed by atoms with Gasteiger partial charge in [0, 0.05) is 29.2 Å². The molecule has 7 heteroatoms. The van der Waals surface area contributed by atoms with Gasteiger partial charge < -0.3 is 5.32 Å². The number of nitrogens with one attached hydrogen (secondary N) is 1. The molecule has 0 aliphatic carbocycles. The van der Waals surface area contributed by atoms with E-state index in [0.717, 1.165) is 23.4 Å². The van der Waals surface area contributed by atoms with Crippen LogP contribution >= 0.6 is 11.8 Å². The van der Waals surface area contributed by atoms with Crippen LogP contribution in [0.4, 0.5) is 0 Å². The lowest BCUT2D eigenvalue weighted by Gasteiger charge is -2.09. The number of rotatable bonds is 7. The highest BCUT2D eigenvalue weighted by Crippen LogP contribution is 2.22. The molecule has 0 bridgehead atoms. The van der Waals surface area contributed by atoms with Gasteiger partial charge in [0.15, 0.2) is 0 Å². The van der Waals surface area contributed by atoms with Crippen LogP contribution in [-0.4, -0.2) is 32.0 Å². The molecule has 0 atom stereocenters. The Morgan fingerprint density at radius 2 is 1.80 bits per heavy atom. The van der Waals surface area contributed by atoms with Gasteiger partial charge in [-0.05, 0) is 43.5 Å². The molecule has 0 aliphatic heterocycles. The van der Waals surface area contributed by atoms with Gasteiger partial charge in [-0.2, -0.15) is 4.98 Å². The predicted molar refractivity (Wildman–Crippen MR) is 119 cm³/mol. The van der Waals surface area contributed by atoms with E-state index in [1.165, 1.54) is 17.3 Å². The van der Waals surface area contributed by atoms with Crippen molar-refractivity contribution < 1.29 is 4.79 Å². The normalized spacial score (nSPS) is 11.0. The van der Waals surface area contributed by atoms with Crippen LogP contribution in [0.1, 0.15) is 32.9 Å². The van der Waals surface area contributed by atoms with E-state index in [1.54, 1.807) is 4.52 Å². The summed E-state index contributed by atoms with van der Waals surface area (Å²) in [6.07, 6.45) is 0.806. The highest BCUT2D eigenvalue weighted by atomic mass is 32.2. The molecule has 0 fully saturated rings. The summed E-state index contributed by atoms with van der Waals surface area (Å²) in [5.41, 5.74) is 4.77. The Morgan fingerprint density at radius 1 is 1.03 bits per heavy atom. The van der Waals surface area contributed by atoms with E-state index in [4.69, 9.17) is 0 Å². The first-order chi connectivity index (χ1) is 14.6. The first kappa shape index (κ1) is 20.1. The number of hydrogen-bond acceptors (Lipinski definition) is 5. The predicted octanol–water partition coefficient (Wildman–Crippen LogP) is 4.01. The molecule has 2 aromatic carbocycles. The zero-order valence-corrected chi connectivity index (χ0v) is 17.8. The van der Waals surface area contributed by atoms with Crippen LogP contribution < -0.4 is 5.32 Å². The number of carbonyl (C=O) groups excluding carboxylic acids is 1. The van der Waals surface area contributed by atoms with E-state index >= 15 is 0 Å². The molecule has 0 saturated carbocycles. The van der Waals surface area contributed by atoms with Gasteiger partial charge >= 0.3 is 0 Å². The van der Waals surface area contributed by atoms with E-state index < -0.39 is 0 Å². The van der Waals surface area contributed by atoms with Gasteiger partial charge in [-0.3, -0.25) is 4.79 Å². The minimum absolute atomic E-state index is 0.0572. The molecule has 0 saturated heterocycles.